The van der Waals surface area contributed by atoms with Gasteiger partial charge in [0.25, 0.3) is 0 Å². The normalized spacial score (nSPS) is 21.6. The second-order valence-electron chi connectivity index (χ2n) is 6.66. The lowest BCUT2D eigenvalue weighted by atomic mass is 9.96. The van der Waals surface area contributed by atoms with Crippen LogP contribution in [0.25, 0.3) is 0 Å². The molecule has 25 heavy (non-hydrogen) atoms. The number of likely N-dealkylation sites (N-methyl/N-ethyl adjacent to an activating group) is 1. The molecular weight excluding hydrogens is 323 g/mol. The Morgan fingerprint density at radius 1 is 1.24 bits per heavy atom. The Kier molecular flexibility index (Phi) is 7.20. The number of rotatable bonds is 7. The van der Waals surface area contributed by atoms with Crippen molar-refractivity contribution in [1.82, 2.24) is 9.80 Å². The molecule has 0 saturated carbocycles. The third-order valence-electron chi connectivity index (χ3n) is 4.81. The lowest BCUT2D eigenvalue weighted by Gasteiger charge is -2.27. The van der Waals surface area contributed by atoms with Gasteiger partial charge < -0.3 is 14.7 Å². The number of carbonyl (C=O) groups excluding carboxylic acids is 1. The molecule has 1 amide bonds. The molecule has 1 aliphatic heterocycles. The maximum Gasteiger partial charge on any atom is 0.236 e. The van der Waals surface area contributed by atoms with E-state index in [1.807, 2.05) is 18.7 Å². The van der Waals surface area contributed by atoms with Gasteiger partial charge in [0, 0.05) is 19.6 Å². The molecule has 1 unspecified atom stereocenters. The number of aliphatic hydroxyl groups is 1. The summed E-state index contributed by atoms with van der Waals surface area (Å²) in [5.41, 5.74) is -0.915. The van der Waals surface area contributed by atoms with Gasteiger partial charge in [-0.2, -0.15) is 0 Å². The summed E-state index contributed by atoms with van der Waals surface area (Å²) in [6.45, 7) is 7.44. The zero-order valence-electron chi connectivity index (χ0n) is 15.2. The van der Waals surface area contributed by atoms with E-state index in [2.05, 4.69) is 4.90 Å². The molecule has 1 atom stereocenters. The highest BCUT2D eigenvalue weighted by atomic mass is 19.1. The molecule has 1 heterocycles. The summed E-state index contributed by atoms with van der Waals surface area (Å²) in [5.74, 6) is 0.375. The third kappa shape index (κ3) is 5.97. The van der Waals surface area contributed by atoms with E-state index in [0.717, 1.165) is 26.1 Å². The van der Waals surface area contributed by atoms with Crippen LogP contribution in [0.1, 0.15) is 33.1 Å². The standard InChI is InChI=1S/C19H29FN2O3/c1-3-22(4-2)18(23)14-21-12-5-10-19(24,11-13-21)15-25-17-8-6-16(20)7-9-17/h6-9,24H,3-5,10-15H2,1-2H3. The van der Waals surface area contributed by atoms with Gasteiger partial charge in [-0.1, -0.05) is 0 Å². The van der Waals surface area contributed by atoms with E-state index in [9.17, 15) is 14.3 Å². The average molecular weight is 352 g/mol. The molecule has 1 aromatic rings. The second-order valence-corrected chi connectivity index (χ2v) is 6.66. The Labute approximate surface area is 149 Å². The van der Waals surface area contributed by atoms with Crippen molar-refractivity contribution >= 4 is 5.91 Å². The maximum atomic E-state index is 12.9. The number of carbonyl (C=O) groups is 1. The van der Waals surface area contributed by atoms with E-state index in [1.165, 1.54) is 12.1 Å². The molecule has 0 aliphatic carbocycles. The van der Waals surface area contributed by atoms with Crippen molar-refractivity contribution in [2.45, 2.75) is 38.7 Å². The lowest BCUT2D eigenvalue weighted by Crippen LogP contribution is -2.41. The van der Waals surface area contributed by atoms with Crippen molar-refractivity contribution in [1.29, 1.82) is 0 Å². The Bertz CT molecular complexity index is 548. The summed E-state index contributed by atoms with van der Waals surface area (Å²) < 4.78 is 18.6. The fourth-order valence-electron chi connectivity index (χ4n) is 3.15. The number of likely N-dealkylation sites (tertiary alicyclic amines) is 1. The van der Waals surface area contributed by atoms with E-state index in [0.29, 0.717) is 31.7 Å². The molecule has 1 saturated heterocycles. The number of halogens is 1. The highest BCUT2D eigenvalue weighted by Gasteiger charge is 2.31. The Morgan fingerprint density at radius 2 is 1.92 bits per heavy atom. The summed E-state index contributed by atoms with van der Waals surface area (Å²) in [6, 6.07) is 5.80. The van der Waals surface area contributed by atoms with Gasteiger partial charge in [-0.3, -0.25) is 9.69 Å². The number of hydrogen-bond donors (Lipinski definition) is 1. The van der Waals surface area contributed by atoms with Crippen molar-refractivity contribution in [3.63, 3.8) is 0 Å². The van der Waals surface area contributed by atoms with Gasteiger partial charge in [-0.15, -0.1) is 0 Å². The van der Waals surface area contributed by atoms with Crippen molar-refractivity contribution in [3.8, 4) is 5.75 Å². The zero-order chi connectivity index (χ0) is 18.3. The predicted octanol–water partition coefficient (Wildman–Crippen LogP) is 2.29. The topological polar surface area (TPSA) is 53.0 Å². The van der Waals surface area contributed by atoms with Crippen LogP contribution in [0.4, 0.5) is 4.39 Å². The van der Waals surface area contributed by atoms with Gasteiger partial charge in [-0.05, 0) is 63.9 Å². The van der Waals surface area contributed by atoms with Crippen LogP contribution in [0.15, 0.2) is 24.3 Å². The quantitative estimate of drug-likeness (QED) is 0.818. The van der Waals surface area contributed by atoms with Gasteiger partial charge in [0.1, 0.15) is 18.2 Å². The minimum Gasteiger partial charge on any atom is -0.491 e. The minimum atomic E-state index is -0.915. The Morgan fingerprint density at radius 3 is 2.56 bits per heavy atom. The zero-order valence-corrected chi connectivity index (χ0v) is 15.2. The molecule has 1 fully saturated rings. The SMILES string of the molecule is CCN(CC)C(=O)CN1CCCC(O)(COc2ccc(F)cc2)CC1. The molecular formula is C19H29FN2O3. The van der Waals surface area contributed by atoms with Crippen LogP contribution < -0.4 is 4.74 Å². The molecule has 0 aromatic heterocycles. The first-order valence-corrected chi connectivity index (χ1v) is 9.06. The van der Waals surface area contributed by atoms with Gasteiger partial charge in [-0.25, -0.2) is 4.39 Å². The van der Waals surface area contributed by atoms with Gasteiger partial charge in [0.05, 0.1) is 12.1 Å². The number of benzene rings is 1. The van der Waals surface area contributed by atoms with Crippen LogP contribution in [0.5, 0.6) is 5.75 Å². The van der Waals surface area contributed by atoms with Crippen LogP contribution >= 0.6 is 0 Å². The van der Waals surface area contributed by atoms with Gasteiger partial charge >= 0.3 is 0 Å². The molecule has 2 rings (SSSR count). The van der Waals surface area contributed by atoms with E-state index < -0.39 is 5.60 Å². The molecule has 140 valence electrons. The molecule has 1 aliphatic rings. The van der Waals surface area contributed by atoms with Crippen molar-refractivity contribution in [2.75, 3.05) is 39.3 Å². The number of nitrogens with zero attached hydrogens (tertiary/aromatic N) is 2. The maximum absolute atomic E-state index is 12.9. The number of amides is 1. The molecule has 0 spiro atoms. The number of hydrogen-bond acceptors (Lipinski definition) is 4. The largest absolute Gasteiger partial charge is 0.491 e. The van der Waals surface area contributed by atoms with E-state index in [4.69, 9.17) is 4.74 Å². The van der Waals surface area contributed by atoms with E-state index in [1.54, 1.807) is 12.1 Å². The molecule has 6 heteroatoms. The van der Waals surface area contributed by atoms with Gasteiger partial charge in [0.2, 0.25) is 5.91 Å². The third-order valence-corrected chi connectivity index (χ3v) is 4.81. The monoisotopic (exact) mass is 352 g/mol. The predicted molar refractivity (Wildman–Crippen MR) is 95.1 cm³/mol. The average Bonchev–Trinajstić information content (AvgIpc) is 2.78. The highest BCUT2D eigenvalue weighted by Crippen LogP contribution is 2.24. The molecule has 1 aromatic carbocycles. The first-order valence-electron chi connectivity index (χ1n) is 9.06. The van der Waals surface area contributed by atoms with Crippen LogP contribution in [0.3, 0.4) is 0 Å². The van der Waals surface area contributed by atoms with E-state index in [-0.39, 0.29) is 18.3 Å². The van der Waals surface area contributed by atoms with Crippen LogP contribution in [-0.2, 0) is 4.79 Å². The van der Waals surface area contributed by atoms with Crippen molar-refractivity contribution < 1.29 is 19.0 Å². The summed E-state index contributed by atoms with van der Waals surface area (Å²) in [5, 5.41) is 10.8. The van der Waals surface area contributed by atoms with Crippen LogP contribution in [0, 0.1) is 5.82 Å². The molecule has 0 bridgehead atoms. The summed E-state index contributed by atoms with van der Waals surface area (Å²) in [6.07, 6.45) is 2.00. The lowest BCUT2D eigenvalue weighted by molar-refractivity contribution is -0.132. The molecule has 0 radical (unpaired) electrons. The van der Waals surface area contributed by atoms with Crippen LogP contribution in [-0.4, -0.2) is 65.7 Å². The summed E-state index contributed by atoms with van der Waals surface area (Å²) in [4.78, 5) is 16.2. The fraction of sp³-hybridized carbons (Fsp3) is 0.632. The molecule has 5 nitrogen and oxygen atoms in total. The highest BCUT2D eigenvalue weighted by molar-refractivity contribution is 5.78. The first-order chi connectivity index (χ1) is 12.0. The van der Waals surface area contributed by atoms with Crippen LogP contribution in [0.2, 0.25) is 0 Å². The summed E-state index contributed by atoms with van der Waals surface area (Å²) in [7, 11) is 0. The van der Waals surface area contributed by atoms with Gasteiger partial charge in [0.15, 0.2) is 0 Å². The van der Waals surface area contributed by atoms with Crippen molar-refractivity contribution in [2.24, 2.45) is 0 Å². The summed E-state index contributed by atoms with van der Waals surface area (Å²) >= 11 is 0. The fourth-order valence-corrected chi connectivity index (χ4v) is 3.15. The number of ether oxygens (including phenoxy) is 1. The first kappa shape index (κ1) is 19.7. The Hall–Kier alpha value is -1.66. The van der Waals surface area contributed by atoms with Crippen molar-refractivity contribution in [3.05, 3.63) is 30.1 Å². The second kappa shape index (κ2) is 9.15. The smallest absolute Gasteiger partial charge is 0.236 e. The molecule has 1 N–H and O–H groups in total. The Balaban J connectivity index is 1.84. The van der Waals surface area contributed by atoms with E-state index >= 15 is 0 Å². The minimum absolute atomic E-state index is 0.137.